The lowest BCUT2D eigenvalue weighted by Crippen LogP contribution is -2.40. The summed E-state index contributed by atoms with van der Waals surface area (Å²) in [4.78, 5) is 19.9. The van der Waals surface area contributed by atoms with Crippen LogP contribution in [0.3, 0.4) is 0 Å². The van der Waals surface area contributed by atoms with E-state index in [9.17, 15) is 4.79 Å². The standard InChI is InChI=1S/C19H23ClN4O2/c1-12(14-8-4-5-9-16(14)20)26-11-17-22-18-15(19(25)23-17)10-21-24(18)13-6-2-3-7-13/h4-5,8-9,12-13,21H,2-3,6-7,10-11H2,1H3,(H,22,23,25). The zero-order chi connectivity index (χ0) is 18.1. The number of aromatic amines is 1. The molecule has 7 heteroatoms. The molecule has 2 aromatic rings. The molecular formula is C19H23ClN4O2. The van der Waals surface area contributed by atoms with E-state index in [2.05, 4.69) is 20.4 Å². The minimum Gasteiger partial charge on any atom is -0.366 e. The quantitative estimate of drug-likeness (QED) is 0.838. The van der Waals surface area contributed by atoms with Gasteiger partial charge in [-0.15, -0.1) is 0 Å². The van der Waals surface area contributed by atoms with E-state index >= 15 is 0 Å². The molecule has 1 unspecified atom stereocenters. The zero-order valence-corrected chi connectivity index (χ0v) is 15.6. The summed E-state index contributed by atoms with van der Waals surface area (Å²) in [7, 11) is 0. The van der Waals surface area contributed by atoms with Gasteiger partial charge < -0.3 is 9.72 Å². The fraction of sp³-hybridized carbons (Fsp3) is 0.474. The van der Waals surface area contributed by atoms with Gasteiger partial charge in [-0.25, -0.2) is 10.4 Å². The Labute approximate surface area is 157 Å². The van der Waals surface area contributed by atoms with Gasteiger partial charge in [0.05, 0.1) is 11.7 Å². The number of hydrazine groups is 1. The van der Waals surface area contributed by atoms with Crippen LogP contribution in [0.15, 0.2) is 29.1 Å². The van der Waals surface area contributed by atoms with Gasteiger partial charge in [-0.05, 0) is 31.4 Å². The van der Waals surface area contributed by atoms with Gasteiger partial charge in [0.2, 0.25) is 0 Å². The Morgan fingerprint density at radius 2 is 2.12 bits per heavy atom. The molecule has 2 heterocycles. The molecule has 1 aliphatic carbocycles. The van der Waals surface area contributed by atoms with Crippen molar-refractivity contribution in [3.05, 3.63) is 56.6 Å². The molecule has 2 aliphatic rings. The third kappa shape index (κ3) is 3.37. The highest BCUT2D eigenvalue weighted by Gasteiger charge is 2.31. The van der Waals surface area contributed by atoms with Crippen LogP contribution in [0.2, 0.25) is 5.02 Å². The second-order valence-electron chi connectivity index (χ2n) is 6.93. The maximum absolute atomic E-state index is 12.4. The normalized spacial score (nSPS) is 18.3. The molecule has 1 aromatic heterocycles. The maximum atomic E-state index is 12.4. The number of H-pyrrole nitrogens is 1. The minimum absolute atomic E-state index is 0.0907. The molecule has 0 bridgehead atoms. The van der Waals surface area contributed by atoms with Crippen LogP contribution in [0.1, 0.15) is 55.7 Å². The molecule has 4 rings (SSSR count). The predicted molar refractivity (Wildman–Crippen MR) is 101 cm³/mol. The number of ether oxygens (including phenoxy) is 1. The largest absolute Gasteiger partial charge is 0.366 e. The van der Waals surface area contributed by atoms with E-state index in [0.717, 1.165) is 24.2 Å². The summed E-state index contributed by atoms with van der Waals surface area (Å²) in [5, 5.41) is 2.76. The third-order valence-corrected chi connectivity index (χ3v) is 5.54. The first-order chi connectivity index (χ1) is 12.6. The first-order valence-electron chi connectivity index (χ1n) is 9.14. The monoisotopic (exact) mass is 374 g/mol. The molecule has 6 nitrogen and oxygen atoms in total. The van der Waals surface area contributed by atoms with Gasteiger partial charge in [0.15, 0.2) is 5.82 Å². The van der Waals surface area contributed by atoms with Crippen molar-refractivity contribution in [2.24, 2.45) is 0 Å². The van der Waals surface area contributed by atoms with Crippen LogP contribution in [-0.2, 0) is 17.9 Å². The van der Waals surface area contributed by atoms with Crippen molar-refractivity contribution in [2.75, 3.05) is 5.01 Å². The number of halogens is 1. The molecule has 26 heavy (non-hydrogen) atoms. The van der Waals surface area contributed by atoms with Gasteiger partial charge in [0, 0.05) is 17.6 Å². The molecule has 1 saturated carbocycles. The number of fused-ring (bicyclic) bond motifs is 1. The van der Waals surface area contributed by atoms with E-state index in [0.29, 0.717) is 29.0 Å². The summed E-state index contributed by atoms with van der Waals surface area (Å²) in [6.45, 7) is 2.71. The minimum atomic E-state index is -0.189. The summed E-state index contributed by atoms with van der Waals surface area (Å²) in [6.07, 6.45) is 4.54. The summed E-state index contributed by atoms with van der Waals surface area (Å²) in [6, 6.07) is 8.03. The Bertz CT molecular complexity index is 848. The number of benzene rings is 1. The van der Waals surface area contributed by atoms with Crippen LogP contribution in [0.25, 0.3) is 0 Å². The highest BCUT2D eigenvalue weighted by molar-refractivity contribution is 6.31. The predicted octanol–water partition coefficient (Wildman–Crippen LogP) is 3.47. The molecule has 1 aromatic carbocycles. The van der Waals surface area contributed by atoms with E-state index in [1.54, 1.807) is 0 Å². The number of rotatable bonds is 5. The van der Waals surface area contributed by atoms with Crippen LogP contribution < -0.4 is 16.0 Å². The highest BCUT2D eigenvalue weighted by Crippen LogP contribution is 2.30. The Morgan fingerprint density at radius 1 is 1.35 bits per heavy atom. The first-order valence-corrected chi connectivity index (χ1v) is 9.52. The van der Waals surface area contributed by atoms with Gasteiger partial charge in [-0.1, -0.05) is 42.6 Å². The topological polar surface area (TPSA) is 70.2 Å². The van der Waals surface area contributed by atoms with E-state index in [-0.39, 0.29) is 18.3 Å². The van der Waals surface area contributed by atoms with Gasteiger partial charge in [-0.2, -0.15) is 0 Å². The third-order valence-electron chi connectivity index (χ3n) is 5.20. The van der Waals surface area contributed by atoms with Crippen molar-refractivity contribution in [1.82, 2.24) is 15.4 Å². The van der Waals surface area contributed by atoms with E-state index in [1.807, 2.05) is 31.2 Å². The highest BCUT2D eigenvalue weighted by atomic mass is 35.5. The number of anilines is 1. The lowest BCUT2D eigenvalue weighted by molar-refractivity contribution is 0.0483. The SMILES string of the molecule is CC(OCc1nc2c(c(=O)[nH]1)CNN2C1CCCC1)c1ccccc1Cl. The molecule has 1 fully saturated rings. The maximum Gasteiger partial charge on any atom is 0.257 e. The van der Waals surface area contributed by atoms with Crippen molar-refractivity contribution in [1.29, 1.82) is 0 Å². The van der Waals surface area contributed by atoms with Crippen molar-refractivity contribution in [2.45, 2.75) is 57.9 Å². The lowest BCUT2D eigenvalue weighted by Gasteiger charge is -2.25. The summed E-state index contributed by atoms with van der Waals surface area (Å²) in [5.41, 5.74) is 4.86. The van der Waals surface area contributed by atoms with Crippen molar-refractivity contribution >= 4 is 17.4 Å². The average Bonchev–Trinajstić information content (AvgIpc) is 3.29. The van der Waals surface area contributed by atoms with Gasteiger partial charge in [0.1, 0.15) is 12.4 Å². The molecule has 138 valence electrons. The molecule has 1 atom stereocenters. The Kier molecular flexibility index (Phi) is 4.98. The Balaban J connectivity index is 1.51. The summed E-state index contributed by atoms with van der Waals surface area (Å²) < 4.78 is 5.91. The number of hydrogen-bond donors (Lipinski definition) is 2. The molecule has 0 spiro atoms. The fourth-order valence-electron chi connectivity index (χ4n) is 3.76. The van der Waals surface area contributed by atoms with E-state index < -0.39 is 0 Å². The Morgan fingerprint density at radius 3 is 2.88 bits per heavy atom. The molecule has 0 amide bonds. The number of aromatic nitrogens is 2. The molecule has 0 saturated heterocycles. The summed E-state index contributed by atoms with van der Waals surface area (Å²) >= 11 is 6.23. The van der Waals surface area contributed by atoms with E-state index in [4.69, 9.17) is 16.3 Å². The number of hydrogen-bond acceptors (Lipinski definition) is 5. The van der Waals surface area contributed by atoms with Gasteiger partial charge >= 0.3 is 0 Å². The second-order valence-corrected chi connectivity index (χ2v) is 7.34. The fourth-order valence-corrected chi connectivity index (χ4v) is 4.05. The number of nitrogens with zero attached hydrogens (tertiary/aromatic N) is 2. The van der Waals surface area contributed by atoms with Crippen LogP contribution in [-0.4, -0.2) is 16.0 Å². The van der Waals surface area contributed by atoms with Crippen LogP contribution in [0.5, 0.6) is 0 Å². The summed E-state index contributed by atoms with van der Waals surface area (Å²) in [5.74, 6) is 1.30. The number of nitrogens with one attached hydrogen (secondary N) is 2. The Hall–Kier alpha value is -1.89. The van der Waals surface area contributed by atoms with E-state index in [1.165, 1.54) is 12.8 Å². The molecule has 2 N–H and O–H groups in total. The van der Waals surface area contributed by atoms with Crippen molar-refractivity contribution < 1.29 is 4.74 Å². The zero-order valence-electron chi connectivity index (χ0n) is 14.8. The van der Waals surface area contributed by atoms with Crippen molar-refractivity contribution in [3.63, 3.8) is 0 Å². The first kappa shape index (κ1) is 17.5. The second kappa shape index (κ2) is 7.39. The molecule has 1 aliphatic heterocycles. The van der Waals surface area contributed by atoms with Crippen LogP contribution in [0, 0.1) is 0 Å². The molecular weight excluding hydrogens is 352 g/mol. The lowest BCUT2D eigenvalue weighted by atomic mass is 10.1. The molecule has 0 radical (unpaired) electrons. The smallest absolute Gasteiger partial charge is 0.257 e. The van der Waals surface area contributed by atoms with Gasteiger partial charge in [-0.3, -0.25) is 9.80 Å². The van der Waals surface area contributed by atoms with Crippen LogP contribution in [0.4, 0.5) is 5.82 Å². The van der Waals surface area contributed by atoms with Crippen LogP contribution >= 0.6 is 11.6 Å². The van der Waals surface area contributed by atoms with Gasteiger partial charge in [0.25, 0.3) is 5.56 Å². The van der Waals surface area contributed by atoms with Crippen molar-refractivity contribution in [3.8, 4) is 0 Å². The average molecular weight is 375 g/mol.